The number of fused-ring (bicyclic) bond motifs is 1. The van der Waals surface area contributed by atoms with Gasteiger partial charge in [0.2, 0.25) is 9.84 Å². The van der Waals surface area contributed by atoms with Crippen LogP contribution in [-0.2, 0) is 14.6 Å². The van der Waals surface area contributed by atoms with E-state index in [0.717, 1.165) is 31.3 Å². The van der Waals surface area contributed by atoms with Crippen molar-refractivity contribution in [3.63, 3.8) is 0 Å². The molecule has 41 heavy (non-hydrogen) atoms. The Balaban J connectivity index is 1.56. The number of rotatable bonds is 13. The molecular weight excluding hydrogens is 547 g/mol. The van der Waals surface area contributed by atoms with Gasteiger partial charge < -0.3 is 19.9 Å². The van der Waals surface area contributed by atoms with Crippen molar-refractivity contribution >= 4 is 38.0 Å². The summed E-state index contributed by atoms with van der Waals surface area (Å²) in [5.74, 6) is -1.03. The molecule has 1 aromatic heterocycles. The molecule has 0 radical (unpaired) electrons. The minimum absolute atomic E-state index is 0.00334. The maximum Gasteiger partial charge on any atom is 0.273 e. The minimum Gasteiger partial charge on any atom is -0.383 e. The number of nitrogens with one attached hydrogen (secondary N) is 2. The predicted molar refractivity (Wildman–Crippen MR) is 159 cm³/mol. The fourth-order valence-electron chi connectivity index (χ4n) is 4.35. The topological polar surface area (TPSA) is 109 Å². The number of methoxy groups -OCH3 is 1. The van der Waals surface area contributed by atoms with Crippen LogP contribution in [0.5, 0.6) is 0 Å². The van der Waals surface area contributed by atoms with Crippen molar-refractivity contribution in [3.8, 4) is 0 Å². The van der Waals surface area contributed by atoms with E-state index in [1.165, 1.54) is 41.3 Å². The monoisotopic (exact) mass is 582 g/mol. The normalized spacial score (nSPS) is 11.7. The summed E-state index contributed by atoms with van der Waals surface area (Å²) >= 11 is 0. The highest BCUT2D eigenvalue weighted by molar-refractivity contribution is 7.91. The summed E-state index contributed by atoms with van der Waals surface area (Å²) in [7, 11) is 3.78. The van der Waals surface area contributed by atoms with Crippen LogP contribution in [-0.4, -0.2) is 83.6 Å². The zero-order chi connectivity index (χ0) is 29.6. The number of carbonyl (C=O) groups is 1. The van der Waals surface area contributed by atoms with E-state index in [1.54, 1.807) is 19.2 Å². The first kappa shape index (κ1) is 30.0. The number of amides is 1. The Morgan fingerprint density at radius 1 is 1.02 bits per heavy atom. The lowest BCUT2D eigenvalue weighted by Gasteiger charge is -2.22. The van der Waals surface area contributed by atoms with E-state index in [-0.39, 0.29) is 9.79 Å². The second-order valence-electron chi connectivity index (χ2n) is 9.91. The van der Waals surface area contributed by atoms with Gasteiger partial charge in [0.05, 0.1) is 33.7 Å². The van der Waals surface area contributed by atoms with Crippen LogP contribution in [0.4, 0.5) is 15.8 Å². The summed E-state index contributed by atoms with van der Waals surface area (Å²) in [5.41, 5.74) is 5.32. The van der Waals surface area contributed by atoms with E-state index < -0.39 is 21.6 Å². The van der Waals surface area contributed by atoms with Crippen molar-refractivity contribution in [1.82, 2.24) is 14.8 Å². The molecule has 0 unspecified atom stereocenters. The molecule has 0 spiro atoms. The van der Waals surface area contributed by atoms with Gasteiger partial charge in [-0.1, -0.05) is 6.07 Å². The Kier molecular flexibility index (Phi) is 9.58. The zero-order valence-corrected chi connectivity index (χ0v) is 24.4. The molecule has 0 saturated carbocycles. The summed E-state index contributed by atoms with van der Waals surface area (Å²) in [4.78, 5) is 18.8. The average Bonchev–Trinajstić information content (AvgIpc) is 3.34. The first-order valence-corrected chi connectivity index (χ1v) is 14.6. The summed E-state index contributed by atoms with van der Waals surface area (Å²) in [5, 5.41) is 8.02. The van der Waals surface area contributed by atoms with E-state index >= 15 is 0 Å². The van der Waals surface area contributed by atoms with Crippen molar-refractivity contribution < 1.29 is 22.3 Å². The van der Waals surface area contributed by atoms with E-state index in [2.05, 4.69) is 25.6 Å². The van der Waals surface area contributed by atoms with Crippen molar-refractivity contribution in [1.29, 1.82) is 0 Å². The third-order valence-electron chi connectivity index (χ3n) is 6.57. The molecule has 0 saturated heterocycles. The molecular formula is C29H35FN6O4S. The lowest BCUT2D eigenvalue weighted by atomic mass is 10.1. The summed E-state index contributed by atoms with van der Waals surface area (Å²) < 4.78 is 44.9. The maximum atomic E-state index is 13.7. The van der Waals surface area contributed by atoms with E-state index in [0.29, 0.717) is 35.3 Å². The van der Waals surface area contributed by atoms with Gasteiger partial charge in [-0.25, -0.2) is 18.2 Å². The fraction of sp³-hybridized carbons (Fsp3) is 0.310. The molecule has 10 nitrogen and oxygen atoms in total. The van der Waals surface area contributed by atoms with Gasteiger partial charge in [-0.3, -0.25) is 4.79 Å². The Morgan fingerprint density at radius 2 is 1.80 bits per heavy atom. The molecule has 12 heteroatoms. The fourth-order valence-corrected chi connectivity index (χ4v) is 5.68. The molecule has 0 atom stereocenters. The Labute approximate surface area is 239 Å². The molecule has 1 heterocycles. The lowest BCUT2D eigenvalue weighted by Crippen LogP contribution is -2.26. The number of hydrogen-bond acceptors (Lipinski definition) is 8. The van der Waals surface area contributed by atoms with E-state index in [9.17, 15) is 17.6 Å². The highest BCUT2D eigenvalue weighted by Gasteiger charge is 2.20. The number of sulfone groups is 1. The van der Waals surface area contributed by atoms with Crippen molar-refractivity contribution in [2.24, 2.45) is 0 Å². The first-order valence-electron chi connectivity index (χ1n) is 13.1. The largest absolute Gasteiger partial charge is 0.383 e. The highest BCUT2D eigenvalue weighted by atomic mass is 32.2. The average molecular weight is 583 g/mol. The quantitative estimate of drug-likeness (QED) is 0.229. The van der Waals surface area contributed by atoms with Crippen LogP contribution in [0.15, 0.2) is 76.7 Å². The molecule has 0 bridgehead atoms. The highest BCUT2D eigenvalue weighted by Crippen LogP contribution is 2.26. The molecule has 0 fully saturated rings. The number of halogens is 1. The third-order valence-corrected chi connectivity index (χ3v) is 8.32. The third kappa shape index (κ3) is 7.20. The molecule has 218 valence electrons. The number of carbonyl (C=O) groups excluding carboxylic acids is 1. The van der Waals surface area contributed by atoms with Crippen LogP contribution in [0, 0.1) is 5.82 Å². The number of hydrogen-bond donors (Lipinski definition) is 2. The number of nitrogens with zero attached hydrogens (tertiary/aromatic N) is 4. The molecule has 4 aromatic rings. The number of anilines is 2. The van der Waals surface area contributed by atoms with Gasteiger partial charge in [0.1, 0.15) is 5.82 Å². The summed E-state index contributed by atoms with van der Waals surface area (Å²) in [6, 6.07) is 14.9. The molecule has 4 rings (SSSR count). The van der Waals surface area contributed by atoms with Gasteiger partial charge >= 0.3 is 0 Å². The van der Waals surface area contributed by atoms with Gasteiger partial charge in [-0.05, 0) is 81.7 Å². The van der Waals surface area contributed by atoms with Crippen molar-refractivity contribution in [2.75, 3.05) is 70.1 Å². The van der Waals surface area contributed by atoms with Crippen LogP contribution < -0.4 is 15.6 Å². The molecule has 3 aromatic carbocycles. The van der Waals surface area contributed by atoms with Gasteiger partial charge in [0.15, 0.2) is 0 Å². The maximum absolute atomic E-state index is 13.7. The van der Waals surface area contributed by atoms with Crippen LogP contribution in [0.1, 0.15) is 16.8 Å². The molecule has 0 aliphatic carbocycles. The van der Waals surface area contributed by atoms with Gasteiger partial charge in [0.25, 0.3) is 5.91 Å². The summed E-state index contributed by atoms with van der Waals surface area (Å²) in [6.45, 7) is 2.81. The zero-order valence-electron chi connectivity index (χ0n) is 23.6. The molecule has 1 amide bonds. The Morgan fingerprint density at radius 3 is 2.54 bits per heavy atom. The summed E-state index contributed by atoms with van der Waals surface area (Å²) in [6.07, 6.45) is 2.46. The number of aromatic nitrogens is 2. The molecule has 2 N–H and O–H groups in total. The van der Waals surface area contributed by atoms with E-state index in [1.807, 2.05) is 33.3 Å². The van der Waals surface area contributed by atoms with Gasteiger partial charge in [-0.15, -0.1) is 0 Å². The predicted octanol–water partition coefficient (Wildman–Crippen LogP) is 3.84. The lowest BCUT2D eigenvalue weighted by molar-refractivity contribution is 0.101. The minimum atomic E-state index is -3.94. The Bertz CT molecular complexity index is 1620. The van der Waals surface area contributed by atoms with Gasteiger partial charge in [0, 0.05) is 44.0 Å². The SMILES string of the molecule is COCCNc1cc(N(C)CCCN(C)C)ccc1C(=O)Nn1ncc2cc(S(=O)(=O)c3cccc(F)c3)ccc21. The standard InChI is InChI=1S/C29H35FN6O4S/c1-34(2)14-6-15-35(3)23-9-11-26(27(19-23)31-13-16-40-4)29(37)33-36-28-12-10-25(17-21(28)20-32-36)41(38,39)24-8-5-7-22(30)18-24/h5,7-12,17-20,31H,6,13-16H2,1-4H3,(H,33,37). The second-order valence-corrected chi connectivity index (χ2v) is 11.9. The Hall–Kier alpha value is -4.00. The smallest absolute Gasteiger partial charge is 0.273 e. The number of ether oxygens (including phenoxy) is 1. The molecule has 0 aliphatic heterocycles. The van der Waals surface area contributed by atoms with Crippen LogP contribution >= 0.6 is 0 Å². The van der Waals surface area contributed by atoms with Crippen molar-refractivity contribution in [2.45, 2.75) is 16.2 Å². The van der Waals surface area contributed by atoms with E-state index in [4.69, 9.17) is 4.74 Å². The number of benzene rings is 3. The van der Waals surface area contributed by atoms with Crippen LogP contribution in [0.3, 0.4) is 0 Å². The van der Waals surface area contributed by atoms with Crippen molar-refractivity contribution in [3.05, 3.63) is 78.2 Å². The molecule has 0 aliphatic rings. The van der Waals surface area contributed by atoms with Crippen LogP contribution in [0.25, 0.3) is 10.9 Å². The first-order chi connectivity index (χ1) is 19.6. The van der Waals surface area contributed by atoms with Crippen LogP contribution in [0.2, 0.25) is 0 Å². The second kappa shape index (κ2) is 13.1. The van der Waals surface area contributed by atoms with Gasteiger partial charge in [-0.2, -0.15) is 9.89 Å².